The van der Waals surface area contributed by atoms with Crippen LogP contribution < -0.4 is 0 Å². The number of nitrogens with zero attached hydrogens (tertiary/aromatic N) is 1. The van der Waals surface area contributed by atoms with Crippen LogP contribution in [-0.4, -0.2) is 17.4 Å². The molecule has 2 aromatic carbocycles. The highest BCUT2D eigenvalue weighted by molar-refractivity contribution is 9.10. The predicted molar refractivity (Wildman–Crippen MR) is 78.9 cm³/mol. The molecule has 1 aliphatic heterocycles. The molecule has 0 radical (unpaired) electrons. The van der Waals surface area contributed by atoms with Gasteiger partial charge in [0, 0.05) is 17.6 Å². The van der Waals surface area contributed by atoms with E-state index in [2.05, 4.69) is 15.9 Å². The highest BCUT2D eigenvalue weighted by atomic mass is 79.9. The Hall–Kier alpha value is -1.75. The molecule has 1 heterocycles. The second-order valence-corrected chi connectivity index (χ2v) is 5.91. The van der Waals surface area contributed by atoms with Crippen molar-refractivity contribution in [3.05, 3.63) is 69.2 Å². The molecule has 3 rings (SSSR count). The van der Waals surface area contributed by atoms with Crippen molar-refractivity contribution in [1.29, 1.82) is 0 Å². The molecule has 0 aromatic heterocycles. The molecule has 0 saturated heterocycles. The number of benzene rings is 2. The zero-order valence-electron chi connectivity index (χ0n) is 11.1. The van der Waals surface area contributed by atoms with Crippen molar-refractivity contribution < 1.29 is 13.6 Å². The first-order valence-electron chi connectivity index (χ1n) is 6.57. The number of carbonyl (C=O) groups excluding carboxylic acids is 1. The molecule has 2 aromatic rings. The van der Waals surface area contributed by atoms with Gasteiger partial charge in [0.15, 0.2) is 0 Å². The van der Waals surface area contributed by atoms with Gasteiger partial charge in [-0.3, -0.25) is 4.79 Å². The number of carbonyl (C=O) groups is 1. The minimum Gasteiger partial charge on any atom is -0.334 e. The summed E-state index contributed by atoms with van der Waals surface area (Å²) in [6, 6.07) is 10.0. The molecular formula is C16H12BrF2NO. The summed E-state index contributed by atoms with van der Waals surface area (Å²) in [5.74, 6) is -2.29. The van der Waals surface area contributed by atoms with Gasteiger partial charge in [-0.05, 0) is 29.7 Å². The van der Waals surface area contributed by atoms with Gasteiger partial charge in [-0.1, -0.05) is 40.2 Å². The molecule has 0 spiro atoms. The van der Waals surface area contributed by atoms with E-state index in [-0.39, 0.29) is 4.47 Å². The quantitative estimate of drug-likeness (QED) is 0.762. The largest absolute Gasteiger partial charge is 0.334 e. The summed E-state index contributed by atoms with van der Waals surface area (Å²) < 4.78 is 28.1. The van der Waals surface area contributed by atoms with E-state index in [1.165, 1.54) is 10.5 Å². The third-order valence-electron chi connectivity index (χ3n) is 3.64. The summed E-state index contributed by atoms with van der Waals surface area (Å²) in [4.78, 5) is 13.9. The van der Waals surface area contributed by atoms with Crippen molar-refractivity contribution >= 4 is 21.8 Å². The lowest BCUT2D eigenvalue weighted by molar-refractivity contribution is 0.0724. The lowest BCUT2D eigenvalue weighted by atomic mass is 9.99. The van der Waals surface area contributed by atoms with Gasteiger partial charge in [0.05, 0.1) is 0 Å². The van der Waals surface area contributed by atoms with Crippen LogP contribution in [-0.2, 0) is 13.0 Å². The highest BCUT2D eigenvalue weighted by Crippen LogP contribution is 2.24. The molecule has 5 heteroatoms. The third kappa shape index (κ3) is 2.70. The molecule has 1 aliphatic rings. The topological polar surface area (TPSA) is 20.3 Å². The van der Waals surface area contributed by atoms with Gasteiger partial charge in [-0.2, -0.15) is 0 Å². The predicted octanol–water partition coefficient (Wildman–Crippen LogP) is 3.93. The molecular weight excluding hydrogens is 340 g/mol. The van der Waals surface area contributed by atoms with Gasteiger partial charge >= 0.3 is 0 Å². The Labute approximate surface area is 129 Å². The number of fused-ring (bicyclic) bond motifs is 1. The van der Waals surface area contributed by atoms with E-state index in [1.54, 1.807) is 0 Å². The van der Waals surface area contributed by atoms with Gasteiger partial charge in [0.25, 0.3) is 5.91 Å². The van der Waals surface area contributed by atoms with Gasteiger partial charge in [-0.25, -0.2) is 8.78 Å². The van der Waals surface area contributed by atoms with E-state index in [0.29, 0.717) is 19.5 Å². The van der Waals surface area contributed by atoms with Gasteiger partial charge in [-0.15, -0.1) is 0 Å². The number of halogens is 3. The van der Waals surface area contributed by atoms with Crippen molar-refractivity contribution in [2.45, 2.75) is 13.0 Å². The molecule has 0 unspecified atom stereocenters. The van der Waals surface area contributed by atoms with Crippen LogP contribution in [0.15, 0.2) is 40.9 Å². The fraction of sp³-hybridized carbons (Fsp3) is 0.188. The number of amides is 1. The van der Waals surface area contributed by atoms with Crippen LogP contribution in [0.1, 0.15) is 21.5 Å². The Morgan fingerprint density at radius 2 is 1.71 bits per heavy atom. The van der Waals surface area contributed by atoms with Crippen molar-refractivity contribution in [1.82, 2.24) is 4.90 Å². The smallest absolute Gasteiger partial charge is 0.260 e. The van der Waals surface area contributed by atoms with Crippen molar-refractivity contribution in [3.8, 4) is 0 Å². The van der Waals surface area contributed by atoms with Crippen LogP contribution in [0.5, 0.6) is 0 Å². The van der Waals surface area contributed by atoms with Crippen LogP contribution >= 0.6 is 15.9 Å². The second-order valence-electron chi connectivity index (χ2n) is 4.99. The second kappa shape index (κ2) is 5.56. The van der Waals surface area contributed by atoms with Crippen LogP contribution in [0.2, 0.25) is 0 Å². The van der Waals surface area contributed by atoms with E-state index in [1.807, 2.05) is 24.3 Å². The van der Waals surface area contributed by atoms with E-state index < -0.39 is 23.1 Å². The third-order valence-corrected chi connectivity index (χ3v) is 4.10. The maximum absolute atomic E-state index is 13.9. The average Bonchev–Trinajstić information content (AvgIpc) is 2.45. The van der Waals surface area contributed by atoms with Gasteiger partial charge in [0.1, 0.15) is 17.2 Å². The molecule has 0 atom stereocenters. The Morgan fingerprint density at radius 3 is 2.38 bits per heavy atom. The lowest BCUT2D eigenvalue weighted by Gasteiger charge is -2.29. The SMILES string of the molecule is O=C(c1c(F)cc(Br)cc1F)N1CCc2ccccc2C1. The zero-order chi connectivity index (χ0) is 15.0. The zero-order valence-corrected chi connectivity index (χ0v) is 12.7. The monoisotopic (exact) mass is 351 g/mol. The van der Waals surface area contributed by atoms with E-state index >= 15 is 0 Å². The van der Waals surface area contributed by atoms with E-state index in [4.69, 9.17) is 0 Å². The van der Waals surface area contributed by atoms with Crippen molar-refractivity contribution in [3.63, 3.8) is 0 Å². The first-order chi connectivity index (χ1) is 10.1. The van der Waals surface area contributed by atoms with E-state index in [0.717, 1.165) is 17.7 Å². The highest BCUT2D eigenvalue weighted by Gasteiger charge is 2.26. The molecule has 0 bridgehead atoms. The molecule has 0 aliphatic carbocycles. The summed E-state index contributed by atoms with van der Waals surface area (Å²) in [5, 5.41) is 0. The Kier molecular flexibility index (Phi) is 3.76. The normalized spacial score (nSPS) is 14.0. The molecule has 0 N–H and O–H groups in total. The fourth-order valence-electron chi connectivity index (χ4n) is 2.57. The van der Waals surface area contributed by atoms with Crippen molar-refractivity contribution in [2.24, 2.45) is 0 Å². The Balaban J connectivity index is 1.91. The van der Waals surface area contributed by atoms with Gasteiger partial charge in [0.2, 0.25) is 0 Å². The molecule has 21 heavy (non-hydrogen) atoms. The number of hydrogen-bond donors (Lipinski definition) is 0. The molecule has 0 fully saturated rings. The van der Waals surface area contributed by atoms with Crippen LogP contribution in [0, 0.1) is 11.6 Å². The standard InChI is InChI=1S/C16H12BrF2NO/c17-12-7-13(18)15(14(19)8-12)16(21)20-6-5-10-3-1-2-4-11(10)9-20/h1-4,7-8H,5-6,9H2. The average molecular weight is 352 g/mol. The first-order valence-corrected chi connectivity index (χ1v) is 7.36. The van der Waals surface area contributed by atoms with Gasteiger partial charge < -0.3 is 4.90 Å². The fourth-order valence-corrected chi connectivity index (χ4v) is 2.98. The van der Waals surface area contributed by atoms with Crippen LogP contribution in [0.25, 0.3) is 0 Å². The summed E-state index contributed by atoms with van der Waals surface area (Å²) >= 11 is 3.01. The number of hydrogen-bond acceptors (Lipinski definition) is 1. The maximum Gasteiger partial charge on any atom is 0.260 e. The maximum atomic E-state index is 13.9. The molecule has 2 nitrogen and oxygen atoms in total. The minimum absolute atomic E-state index is 0.276. The number of rotatable bonds is 1. The molecule has 108 valence electrons. The summed E-state index contributed by atoms with van der Waals surface area (Å²) in [5.41, 5.74) is 1.71. The minimum atomic E-state index is -0.842. The first kappa shape index (κ1) is 14.2. The van der Waals surface area contributed by atoms with E-state index in [9.17, 15) is 13.6 Å². The molecule has 0 saturated carbocycles. The van der Waals surface area contributed by atoms with Crippen LogP contribution in [0.3, 0.4) is 0 Å². The summed E-state index contributed by atoms with van der Waals surface area (Å²) in [7, 11) is 0. The lowest BCUT2D eigenvalue weighted by Crippen LogP contribution is -2.36. The van der Waals surface area contributed by atoms with Crippen molar-refractivity contribution in [2.75, 3.05) is 6.54 Å². The summed E-state index contributed by atoms with van der Waals surface area (Å²) in [6.45, 7) is 0.842. The Bertz CT molecular complexity index is 694. The summed E-state index contributed by atoms with van der Waals surface area (Å²) in [6.07, 6.45) is 0.696. The Morgan fingerprint density at radius 1 is 1.10 bits per heavy atom. The van der Waals surface area contributed by atoms with Crippen LogP contribution in [0.4, 0.5) is 8.78 Å². The molecule has 1 amide bonds.